The molecule has 0 aliphatic carbocycles. The van der Waals surface area contributed by atoms with Crippen LogP contribution in [0.2, 0.25) is 0 Å². The Morgan fingerprint density at radius 1 is 1.50 bits per heavy atom. The van der Waals surface area contributed by atoms with Gasteiger partial charge in [0.25, 0.3) is 0 Å². The standard InChI is InChI=1S/C10H12N4O4/c1-6(4-5-15)11-7-2-3-8(14(16)17)10-9(7)12-18-13-10/h2-3,6,11,15H,4-5H2,1H3. The summed E-state index contributed by atoms with van der Waals surface area (Å²) in [6.45, 7) is 1.94. The Labute approximate surface area is 102 Å². The van der Waals surface area contributed by atoms with Crippen molar-refractivity contribution in [2.24, 2.45) is 0 Å². The Bertz CT molecular complexity index is 568. The van der Waals surface area contributed by atoms with Crippen LogP contribution in [0.1, 0.15) is 13.3 Å². The highest BCUT2D eigenvalue weighted by Gasteiger charge is 2.19. The maximum Gasteiger partial charge on any atom is 0.300 e. The summed E-state index contributed by atoms with van der Waals surface area (Å²) in [6.07, 6.45) is 0.559. The molecule has 2 aromatic rings. The van der Waals surface area contributed by atoms with E-state index >= 15 is 0 Å². The van der Waals surface area contributed by atoms with E-state index in [0.717, 1.165) is 0 Å². The zero-order valence-corrected chi connectivity index (χ0v) is 9.66. The number of nitro groups is 1. The van der Waals surface area contributed by atoms with Crippen molar-refractivity contribution in [3.05, 3.63) is 22.2 Å². The fraction of sp³-hybridized carbons (Fsp3) is 0.400. The molecular formula is C10H12N4O4. The monoisotopic (exact) mass is 252 g/mol. The second-order valence-corrected chi connectivity index (χ2v) is 3.91. The molecule has 96 valence electrons. The number of fused-ring (bicyclic) bond motifs is 1. The van der Waals surface area contributed by atoms with Crippen molar-refractivity contribution in [3.8, 4) is 0 Å². The third kappa shape index (κ3) is 2.23. The van der Waals surface area contributed by atoms with Crippen LogP contribution in [0.3, 0.4) is 0 Å². The fourth-order valence-corrected chi connectivity index (χ4v) is 1.65. The first-order valence-corrected chi connectivity index (χ1v) is 5.40. The lowest BCUT2D eigenvalue weighted by Crippen LogP contribution is -2.16. The van der Waals surface area contributed by atoms with Gasteiger partial charge in [0.15, 0.2) is 5.52 Å². The van der Waals surface area contributed by atoms with Crippen LogP contribution in [-0.2, 0) is 0 Å². The molecule has 0 saturated heterocycles. The van der Waals surface area contributed by atoms with Gasteiger partial charge in [-0.25, -0.2) is 4.63 Å². The normalized spacial score (nSPS) is 12.6. The Balaban J connectivity index is 2.38. The van der Waals surface area contributed by atoms with E-state index in [1.54, 1.807) is 6.07 Å². The first-order valence-electron chi connectivity index (χ1n) is 5.40. The van der Waals surface area contributed by atoms with Crippen molar-refractivity contribution in [2.45, 2.75) is 19.4 Å². The Kier molecular flexibility index (Phi) is 3.38. The van der Waals surface area contributed by atoms with Gasteiger partial charge in [-0.2, -0.15) is 0 Å². The van der Waals surface area contributed by atoms with Crippen molar-refractivity contribution in [2.75, 3.05) is 11.9 Å². The first-order chi connectivity index (χ1) is 8.63. The molecule has 2 rings (SSSR count). The first kappa shape index (κ1) is 12.2. The van der Waals surface area contributed by atoms with Crippen LogP contribution < -0.4 is 5.32 Å². The van der Waals surface area contributed by atoms with Crippen LogP contribution >= 0.6 is 0 Å². The van der Waals surface area contributed by atoms with E-state index < -0.39 is 4.92 Å². The maximum absolute atomic E-state index is 10.8. The molecule has 1 heterocycles. The van der Waals surface area contributed by atoms with E-state index in [9.17, 15) is 10.1 Å². The highest BCUT2D eigenvalue weighted by atomic mass is 16.6. The van der Waals surface area contributed by atoms with Crippen LogP contribution in [0.15, 0.2) is 16.8 Å². The number of anilines is 1. The molecule has 2 N–H and O–H groups in total. The molecule has 1 aromatic carbocycles. The molecule has 0 fully saturated rings. The fourth-order valence-electron chi connectivity index (χ4n) is 1.65. The molecule has 0 saturated carbocycles. The van der Waals surface area contributed by atoms with Crippen LogP contribution in [0.4, 0.5) is 11.4 Å². The Hall–Kier alpha value is -2.22. The van der Waals surface area contributed by atoms with Gasteiger partial charge in [0.05, 0.1) is 10.6 Å². The van der Waals surface area contributed by atoms with Gasteiger partial charge >= 0.3 is 5.69 Å². The predicted molar refractivity (Wildman–Crippen MR) is 63.2 cm³/mol. The average Bonchev–Trinajstić information content (AvgIpc) is 2.78. The SMILES string of the molecule is CC(CCO)Nc1ccc([N+](=O)[O-])c2nonc12. The third-order valence-corrected chi connectivity index (χ3v) is 2.55. The molecule has 0 bridgehead atoms. The minimum atomic E-state index is -0.534. The predicted octanol–water partition coefficient (Wildman–Crippen LogP) is 1.31. The maximum atomic E-state index is 10.8. The summed E-state index contributed by atoms with van der Waals surface area (Å²) in [6, 6.07) is 2.91. The molecule has 0 spiro atoms. The second-order valence-electron chi connectivity index (χ2n) is 3.91. The summed E-state index contributed by atoms with van der Waals surface area (Å²) in [5.74, 6) is 0. The van der Waals surface area contributed by atoms with Crippen LogP contribution in [0, 0.1) is 10.1 Å². The molecular weight excluding hydrogens is 240 g/mol. The number of hydrogen-bond donors (Lipinski definition) is 2. The molecule has 18 heavy (non-hydrogen) atoms. The summed E-state index contributed by atoms with van der Waals surface area (Å²) < 4.78 is 4.54. The van der Waals surface area contributed by atoms with Crippen LogP contribution in [-0.4, -0.2) is 33.0 Å². The van der Waals surface area contributed by atoms with Crippen molar-refractivity contribution in [1.29, 1.82) is 0 Å². The van der Waals surface area contributed by atoms with Crippen LogP contribution in [0.5, 0.6) is 0 Å². The summed E-state index contributed by atoms with van der Waals surface area (Å²) in [5.41, 5.74) is 0.875. The molecule has 0 radical (unpaired) electrons. The zero-order chi connectivity index (χ0) is 13.1. The number of hydrogen-bond acceptors (Lipinski definition) is 7. The van der Waals surface area contributed by atoms with E-state index in [1.807, 2.05) is 6.92 Å². The topological polar surface area (TPSA) is 114 Å². The second kappa shape index (κ2) is 4.96. The lowest BCUT2D eigenvalue weighted by Gasteiger charge is -2.13. The van der Waals surface area contributed by atoms with Crippen molar-refractivity contribution < 1.29 is 14.7 Å². The molecule has 1 aromatic heterocycles. The lowest BCUT2D eigenvalue weighted by molar-refractivity contribution is -0.383. The molecule has 0 amide bonds. The molecule has 1 atom stereocenters. The number of aliphatic hydroxyl groups excluding tert-OH is 1. The van der Waals surface area contributed by atoms with E-state index in [0.29, 0.717) is 17.6 Å². The summed E-state index contributed by atoms with van der Waals surface area (Å²) in [4.78, 5) is 10.3. The van der Waals surface area contributed by atoms with Gasteiger partial charge in [-0.1, -0.05) is 0 Å². The highest BCUT2D eigenvalue weighted by Crippen LogP contribution is 2.29. The van der Waals surface area contributed by atoms with Gasteiger partial charge in [0.2, 0.25) is 5.52 Å². The summed E-state index contributed by atoms with van der Waals surface area (Å²) >= 11 is 0. The van der Waals surface area contributed by atoms with Crippen molar-refractivity contribution in [1.82, 2.24) is 10.3 Å². The minimum absolute atomic E-state index is 0.0105. The summed E-state index contributed by atoms with van der Waals surface area (Å²) in [5, 5.41) is 29.9. The van der Waals surface area contributed by atoms with Crippen molar-refractivity contribution in [3.63, 3.8) is 0 Å². The smallest absolute Gasteiger partial charge is 0.300 e. The lowest BCUT2D eigenvalue weighted by atomic mass is 10.2. The van der Waals surface area contributed by atoms with Gasteiger partial charge < -0.3 is 10.4 Å². The number of non-ortho nitro benzene ring substituents is 1. The molecule has 0 aliphatic heterocycles. The largest absolute Gasteiger partial charge is 0.396 e. The number of nitro benzene ring substituents is 1. The molecule has 8 nitrogen and oxygen atoms in total. The highest BCUT2D eigenvalue weighted by molar-refractivity contribution is 5.93. The molecule has 1 unspecified atom stereocenters. The Morgan fingerprint density at radius 2 is 2.22 bits per heavy atom. The van der Waals surface area contributed by atoms with Crippen molar-refractivity contribution >= 4 is 22.4 Å². The van der Waals surface area contributed by atoms with Gasteiger partial charge in [-0.05, 0) is 29.7 Å². The quantitative estimate of drug-likeness (QED) is 0.609. The number of aliphatic hydroxyl groups is 1. The average molecular weight is 252 g/mol. The number of nitrogens with zero attached hydrogens (tertiary/aromatic N) is 3. The van der Waals surface area contributed by atoms with E-state index in [1.165, 1.54) is 6.07 Å². The van der Waals surface area contributed by atoms with E-state index in [4.69, 9.17) is 5.11 Å². The van der Waals surface area contributed by atoms with Gasteiger partial charge in [-0.15, -0.1) is 0 Å². The summed E-state index contributed by atoms with van der Waals surface area (Å²) in [7, 11) is 0. The third-order valence-electron chi connectivity index (χ3n) is 2.55. The minimum Gasteiger partial charge on any atom is -0.396 e. The molecule has 0 aliphatic rings. The number of nitrogens with one attached hydrogen (secondary N) is 1. The zero-order valence-electron chi connectivity index (χ0n) is 9.66. The van der Waals surface area contributed by atoms with Gasteiger partial charge in [-0.3, -0.25) is 10.1 Å². The number of aromatic nitrogens is 2. The van der Waals surface area contributed by atoms with E-state index in [2.05, 4.69) is 20.3 Å². The van der Waals surface area contributed by atoms with Gasteiger partial charge in [0.1, 0.15) is 0 Å². The van der Waals surface area contributed by atoms with Gasteiger partial charge in [0, 0.05) is 18.7 Å². The van der Waals surface area contributed by atoms with Crippen LogP contribution in [0.25, 0.3) is 11.0 Å². The Morgan fingerprint density at radius 3 is 2.89 bits per heavy atom. The van der Waals surface area contributed by atoms with E-state index in [-0.39, 0.29) is 23.9 Å². The molecule has 8 heteroatoms. The number of rotatable bonds is 5. The number of benzene rings is 1.